The molecule has 0 aliphatic heterocycles. The average molecular weight is 375 g/mol. The maximum atomic E-state index is 11.4. The van der Waals surface area contributed by atoms with Gasteiger partial charge in [0.25, 0.3) is 0 Å². The maximum Gasteiger partial charge on any atom is 0.317 e. The van der Waals surface area contributed by atoms with E-state index in [4.69, 9.17) is 0 Å². The Labute approximate surface area is 162 Å². The second-order valence-corrected chi connectivity index (χ2v) is 10.2. The van der Waals surface area contributed by atoms with E-state index in [0.29, 0.717) is 17.8 Å². The van der Waals surface area contributed by atoms with Crippen molar-refractivity contribution < 1.29 is 19.8 Å². The standard InChI is InChI=1S/C23H34O4/c1-22-11-4-3-5-14(22)6-8-16-18-9-7-15(13-17(20(24)25)21(26)27)23(18,2)12-10-19(16)22/h5,15-19H,3-4,6-13H2,1-2H3,(H,24,25)(H,26,27)/t15-,16+,18+,19+,22+,23-/m1/s1. The summed E-state index contributed by atoms with van der Waals surface area (Å²) in [6, 6.07) is 0. The molecule has 3 saturated carbocycles. The number of allylic oxidation sites excluding steroid dienone is 2. The van der Waals surface area contributed by atoms with Gasteiger partial charge in [0.15, 0.2) is 5.92 Å². The minimum absolute atomic E-state index is 0.122. The Balaban J connectivity index is 1.56. The van der Waals surface area contributed by atoms with Gasteiger partial charge < -0.3 is 10.2 Å². The van der Waals surface area contributed by atoms with Gasteiger partial charge >= 0.3 is 11.9 Å². The van der Waals surface area contributed by atoms with Gasteiger partial charge in [0, 0.05) is 0 Å². The molecule has 0 heterocycles. The smallest absolute Gasteiger partial charge is 0.317 e. The van der Waals surface area contributed by atoms with E-state index in [-0.39, 0.29) is 11.3 Å². The third-order valence-electron chi connectivity index (χ3n) is 9.34. The summed E-state index contributed by atoms with van der Waals surface area (Å²) in [5.74, 6) is -1.22. The summed E-state index contributed by atoms with van der Waals surface area (Å²) in [6.45, 7) is 4.86. The number of hydrogen-bond donors (Lipinski definition) is 2. The lowest BCUT2D eigenvalue weighted by molar-refractivity contribution is -0.156. The molecule has 150 valence electrons. The number of carboxylic acids is 2. The van der Waals surface area contributed by atoms with E-state index in [2.05, 4.69) is 19.9 Å². The molecule has 0 amide bonds. The van der Waals surface area contributed by atoms with Crippen molar-refractivity contribution in [3.63, 3.8) is 0 Å². The number of rotatable bonds is 4. The highest BCUT2D eigenvalue weighted by atomic mass is 16.4. The van der Waals surface area contributed by atoms with Crippen LogP contribution in [0.3, 0.4) is 0 Å². The van der Waals surface area contributed by atoms with E-state index in [1.54, 1.807) is 5.57 Å². The SMILES string of the molecule is C[C@]12CC[C@H]3[C@@H](CCC4=CCCC[C@@]43C)[C@@H]1CC[C@@H]2CC(C(=O)O)C(=O)O. The predicted molar refractivity (Wildman–Crippen MR) is 103 cm³/mol. The van der Waals surface area contributed by atoms with Gasteiger partial charge in [-0.25, -0.2) is 0 Å². The zero-order valence-corrected chi connectivity index (χ0v) is 16.7. The van der Waals surface area contributed by atoms with Crippen LogP contribution in [0.25, 0.3) is 0 Å². The van der Waals surface area contributed by atoms with Crippen molar-refractivity contribution in [2.75, 3.05) is 0 Å². The topological polar surface area (TPSA) is 74.6 Å². The molecule has 0 unspecified atom stereocenters. The first-order chi connectivity index (χ1) is 12.8. The molecule has 0 aromatic rings. The summed E-state index contributed by atoms with van der Waals surface area (Å²) in [5, 5.41) is 18.7. The minimum Gasteiger partial charge on any atom is -0.481 e. The van der Waals surface area contributed by atoms with Crippen LogP contribution in [0.4, 0.5) is 0 Å². The third-order valence-corrected chi connectivity index (χ3v) is 9.34. The molecule has 0 radical (unpaired) electrons. The Morgan fingerprint density at radius 3 is 2.52 bits per heavy atom. The number of fused-ring (bicyclic) bond motifs is 5. The molecule has 0 spiro atoms. The number of aliphatic carboxylic acids is 2. The van der Waals surface area contributed by atoms with E-state index in [1.807, 2.05) is 0 Å². The Morgan fingerprint density at radius 1 is 1.07 bits per heavy atom. The minimum atomic E-state index is -1.25. The summed E-state index contributed by atoms with van der Waals surface area (Å²) >= 11 is 0. The van der Waals surface area contributed by atoms with Crippen molar-refractivity contribution in [3.8, 4) is 0 Å². The second kappa shape index (κ2) is 6.63. The van der Waals surface area contributed by atoms with Crippen LogP contribution >= 0.6 is 0 Å². The van der Waals surface area contributed by atoms with Gasteiger partial charge in [0.1, 0.15) is 0 Å². The first kappa shape index (κ1) is 19.0. The van der Waals surface area contributed by atoms with Gasteiger partial charge in [-0.2, -0.15) is 0 Å². The number of carboxylic acid groups (broad SMARTS) is 2. The summed E-state index contributed by atoms with van der Waals surface area (Å²) in [5.41, 5.74) is 2.21. The van der Waals surface area contributed by atoms with Crippen LogP contribution in [-0.4, -0.2) is 22.2 Å². The van der Waals surface area contributed by atoms with Crippen LogP contribution in [0, 0.1) is 40.4 Å². The van der Waals surface area contributed by atoms with E-state index in [1.165, 1.54) is 38.5 Å². The van der Waals surface area contributed by atoms with Crippen molar-refractivity contribution in [1.82, 2.24) is 0 Å². The highest BCUT2D eigenvalue weighted by Gasteiger charge is 2.58. The lowest BCUT2D eigenvalue weighted by Crippen LogP contribution is -2.50. The molecule has 2 N–H and O–H groups in total. The fourth-order valence-corrected chi connectivity index (χ4v) is 7.84. The third kappa shape index (κ3) is 2.86. The molecule has 0 bridgehead atoms. The molecule has 6 atom stereocenters. The molecule has 0 saturated heterocycles. The molecule has 0 aromatic carbocycles. The fourth-order valence-electron chi connectivity index (χ4n) is 7.84. The number of hydrogen-bond acceptors (Lipinski definition) is 2. The molecule has 4 nitrogen and oxygen atoms in total. The fraction of sp³-hybridized carbons (Fsp3) is 0.826. The number of carbonyl (C=O) groups is 2. The summed E-state index contributed by atoms with van der Waals surface area (Å²) in [4.78, 5) is 22.9. The van der Waals surface area contributed by atoms with Crippen molar-refractivity contribution in [1.29, 1.82) is 0 Å². The van der Waals surface area contributed by atoms with E-state index in [0.717, 1.165) is 31.1 Å². The predicted octanol–water partition coefficient (Wildman–Crippen LogP) is 5.13. The van der Waals surface area contributed by atoms with Crippen LogP contribution in [0.5, 0.6) is 0 Å². The van der Waals surface area contributed by atoms with Gasteiger partial charge in [0.2, 0.25) is 0 Å². The molecule has 4 aliphatic rings. The maximum absolute atomic E-state index is 11.4. The molecule has 4 rings (SSSR count). The summed E-state index contributed by atoms with van der Waals surface area (Å²) in [7, 11) is 0. The monoisotopic (exact) mass is 374 g/mol. The first-order valence-corrected chi connectivity index (χ1v) is 10.9. The van der Waals surface area contributed by atoms with Crippen LogP contribution in [0.15, 0.2) is 11.6 Å². The first-order valence-electron chi connectivity index (χ1n) is 10.9. The normalized spacial score (nSPS) is 43.4. The molecule has 3 fully saturated rings. The van der Waals surface area contributed by atoms with Crippen molar-refractivity contribution in [2.45, 2.75) is 78.1 Å². The van der Waals surface area contributed by atoms with Crippen molar-refractivity contribution >= 4 is 11.9 Å². The molecular formula is C23H34O4. The van der Waals surface area contributed by atoms with E-state index in [9.17, 15) is 19.8 Å². The summed E-state index contributed by atoms with van der Waals surface area (Å²) in [6.07, 6.45) is 13.8. The van der Waals surface area contributed by atoms with Gasteiger partial charge in [-0.1, -0.05) is 25.5 Å². The molecule has 4 heteroatoms. The molecule has 4 aliphatic carbocycles. The van der Waals surface area contributed by atoms with Gasteiger partial charge in [0.05, 0.1) is 0 Å². The van der Waals surface area contributed by atoms with E-state index >= 15 is 0 Å². The lowest BCUT2D eigenvalue weighted by Gasteiger charge is -2.58. The Morgan fingerprint density at radius 2 is 1.81 bits per heavy atom. The average Bonchev–Trinajstić information content (AvgIpc) is 2.95. The molecule has 0 aromatic heterocycles. The Hall–Kier alpha value is -1.32. The van der Waals surface area contributed by atoms with Crippen molar-refractivity contribution in [3.05, 3.63) is 11.6 Å². The highest BCUT2D eigenvalue weighted by molar-refractivity contribution is 5.92. The molecule has 27 heavy (non-hydrogen) atoms. The van der Waals surface area contributed by atoms with Gasteiger partial charge in [-0.3, -0.25) is 9.59 Å². The van der Waals surface area contributed by atoms with Crippen LogP contribution in [0.1, 0.15) is 78.1 Å². The van der Waals surface area contributed by atoms with Crippen LogP contribution in [0.2, 0.25) is 0 Å². The Kier molecular flexibility index (Phi) is 4.67. The van der Waals surface area contributed by atoms with Gasteiger partial charge in [-0.15, -0.1) is 0 Å². The second-order valence-electron chi connectivity index (χ2n) is 10.2. The largest absolute Gasteiger partial charge is 0.481 e. The molecular weight excluding hydrogens is 340 g/mol. The van der Waals surface area contributed by atoms with Gasteiger partial charge in [-0.05, 0) is 98.7 Å². The van der Waals surface area contributed by atoms with Crippen LogP contribution < -0.4 is 0 Å². The highest BCUT2D eigenvalue weighted by Crippen LogP contribution is 2.67. The van der Waals surface area contributed by atoms with Crippen molar-refractivity contribution in [2.24, 2.45) is 40.4 Å². The zero-order chi connectivity index (χ0) is 19.4. The van der Waals surface area contributed by atoms with E-state index < -0.39 is 17.9 Å². The van der Waals surface area contributed by atoms with Crippen LogP contribution in [-0.2, 0) is 9.59 Å². The zero-order valence-electron chi connectivity index (χ0n) is 16.7. The Bertz CT molecular complexity index is 653. The quantitative estimate of drug-likeness (QED) is 0.528. The lowest BCUT2D eigenvalue weighted by atomic mass is 9.46. The summed E-state index contributed by atoms with van der Waals surface area (Å²) < 4.78 is 0.